The summed E-state index contributed by atoms with van der Waals surface area (Å²) in [6.45, 7) is 7.15. The highest BCUT2D eigenvalue weighted by molar-refractivity contribution is 6.05. The van der Waals surface area contributed by atoms with Crippen LogP contribution in [0.4, 0.5) is 0 Å². The van der Waals surface area contributed by atoms with Crippen LogP contribution in [-0.4, -0.2) is 25.5 Å². The smallest absolute Gasteiger partial charge is 0.313 e. The molecule has 0 bridgehead atoms. The van der Waals surface area contributed by atoms with Gasteiger partial charge in [-0.3, -0.25) is 9.59 Å². The maximum atomic E-state index is 11.6. The van der Waals surface area contributed by atoms with Crippen molar-refractivity contribution in [2.45, 2.75) is 20.3 Å². The lowest BCUT2D eigenvalue weighted by Gasteiger charge is -2.01. The molecule has 0 saturated heterocycles. The molecular formula is C13H18O4. The molecule has 0 aliphatic carbocycles. The van der Waals surface area contributed by atoms with E-state index < -0.39 is 5.97 Å². The topological polar surface area (TPSA) is 52.6 Å². The Balaban J connectivity index is 4.49. The number of carbonyl (C=O) groups is 2. The van der Waals surface area contributed by atoms with Gasteiger partial charge in [-0.25, -0.2) is 0 Å². The predicted octanol–water partition coefficient (Wildman–Crippen LogP) is 2.17. The Labute approximate surface area is 102 Å². The molecule has 0 atom stereocenters. The van der Waals surface area contributed by atoms with Crippen molar-refractivity contribution >= 4 is 11.8 Å². The molecular weight excluding hydrogens is 220 g/mol. The van der Waals surface area contributed by atoms with Crippen molar-refractivity contribution in [3.05, 3.63) is 36.1 Å². The number of hydrogen-bond donors (Lipinski definition) is 0. The highest BCUT2D eigenvalue weighted by Gasteiger charge is 2.11. The summed E-state index contributed by atoms with van der Waals surface area (Å²) in [5.74, 6) is -0.225. The van der Waals surface area contributed by atoms with E-state index in [9.17, 15) is 9.59 Å². The van der Waals surface area contributed by atoms with Crippen molar-refractivity contribution in [3.8, 4) is 0 Å². The molecule has 0 saturated carbocycles. The molecule has 0 fully saturated rings. The van der Waals surface area contributed by atoms with Gasteiger partial charge >= 0.3 is 5.97 Å². The number of Topliss-reactive ketones (excluding diaryl/α,β-unsaturated/α-hetero) is 1. The number of allylic oxidation sites excluding steroid dienone is 4. The summed E-state index contributed by atoms with van der Waals surface area (Å²) < 4.78 is 9.63. The van der Waals surface area contributed by atoms with Gasteiger partial charge < -0.3 is 9.47 Å². The zero-order valence-corrected chi connectivity index (χ0v) is 10.5. The zero-order valence-electron chi connectivity index (χ0n) is 10.5. The molecule has 0 spiro atoms. The minimum Gasteiger partial charge on any atom is -0.497 e. The number of hydrogen-bond acceptors (Lipinski definition) is 4. The third kappa shape index (κ3) is 6.35. The summed E-state index contributed by atoms with van der Waals surface area (Å²) in [7, 11) is 1.51. The second kappa shape index (κ2) is 8.33. The third-order valence-corrected chi connectivity index (χ3v) is 1.98. The fourth-order valence-corrected chi connectivity index (χ4v) is 1.00. The Bertz CT molecular complexity index is 350. The van der Waals surface area contributed by atoms with E-state index in [1.54, 1.807) is 26.0 Å². The van der Waals surface area contributed by atoms with Crippen molar-refractivity contribution in [1.82, 2.24) is 0 Å². The molecule has 0 rings (SSSR count). The molecule has 0 amide bonds. The first kappa shape index (κ1) is 15.2. The summed E-state index contributed by atoms with van der Waals surface area (Å²) in [6, 6.07) is 0. The number of carbonyl (C=O) groups excluding carboxylic acids is 2. The fraction of sp³-hybridized carbons (Fsp3) is 0.385. The lowest BCUT2D eigenvalue weighted by atomic mass is 10.1. The molecule has 0 heterocycles. The lowest BCUT2D eigenvalue weighted by Crippen LogP contribution is -2.11. The normalized spacial score (nSPS) is 11.9. The number of rotatable bonds is 7. The molecule has 0 radical (unpaired) electrons. The summed E-state index contributed by atoms with van der Waals surface area (Å²) in [5, 5.41) is 0. The second-order valence-electron chi connectivity index (χ2n) is 3.23. The molecule has 0 aromatic heterocycles. The maximum absolute atomic E-state index is 11.6. The van der Waals surface area contributed by atoms with Crippen LogP contribution < -0.4 is 0 Å². The van der Waals surface area contributed by atoms with E-state index >= 15 is 0 Å². The van der Waals surface area contributed by atoms with Crippen LogP contribution in [0, 0.1) is 0 Å². The van der Waals surface area contributed by atoms with Gasteiger partial charge in [-0.2, -0.15) is 0 Å². The van der Waals surface area contributed by atoms with Crippen molar-refractivity contribution in [2.75, 3.05) is 13.7 Å². The van der Waals surface area contributed by atoms with E-state index in [2.05, 4.69) is 11.3 Å². The first-order valence-corrected chi connectivity index (χ1v) is 5.29. The van der Waals surface area contributed by atoms with Crippen molar-refractivity contribution in [1.29, 1.82) is 0 Å². The third-order valence-electron chi connectivity index (χ3n) is 1.98. The summed E-state index contributed by atoms with van der Waals surface area (Å²) in [4.78, 5) is 22.6. The van der Waals surface area contributed by atoms with Crippen LogP contribution in [0.1, 0.15) is 20.3 Å². The van der Waals surface area contributed by atoms with E-state index in [1.807, 2.05) is 0 Å². The lowest BCUT2D eigenvalue weighted by molar-refractivity contribution is -0.144. The monoisotopic (exact) mass is 238 g/mol. The van der Waals surface area contributed by atoms with Gasteiger partial charge in [-0.05, 0) is 31.6 Å². The average Bonchev–Trinajstić information content (AvgIpc) is 2.30. The molecule has 17 heavy (non-hydrogen) atoms. The van der Waals surface area contributed by atoms with Gasteiger partial charge in [0.15, 0.2) is 5.78 Å². The van der Waals surface area contributed by atoms with Crippen LogP contribution in [0.15, 0.2) is 36.1 Å². The van der Waals surface area contributed by atoms with E-state index in [-0.39, 0.29) is 18.8 Å². The number of esters is 1. The largest absolute Gasteiger partial charge is 0.497 e. The Morgan fingerprint density at radius 3 is 2.41 bits per heavy atom. The quantitative estimate of drug-likeness (QED) is 0.224. The Morgan fingerprint density at radius 2 is 1.94 bits per heavy atom. The van der Waals surface area contributed by atoms with Crippen LogP contribution in [0.3, 0.4) is 0 Å². The van der Waals surface area contributed by atoms with Crippen LogP contribution in [-0.2, 0) is 19.1 Å². The highest BCUT2D eigenvalue weighted by Crippen LogP contribution is 2.04. The van der Waals surface area contributed by atoms with E-state index in [1.165, 1.54) is 13.2 Å². The SMILES string of the molecule is C=C/C(=C\C=C(/C)C(=O)CC(=O)OCC)OC. The summed E-state index contributed by atoms with van der Waals surface area (Å²) in [5.41, 5.74) is 0.467. The van der Waals surface area contributed by atoms with Crippen molar-refractivity contribution < 1.29 is 19.1 Å². The molecule has 0 aromatic rings. The summed E-state index contributed by atoms with van der Waals surface area (Å²) in [6.07, 6.45) is 4.49. The zero-order chi connectivity index (χ0) is 13.3. The van der Waals surface area contributed by atoms with Crippen molar-refractivity contribution in [3.63, 3.8) is 0 Å². The van der Waals surface area contributed by atoms with Gasteiger partial charge in [0.2, 0.25) is 0 Å². The van der Waals surface area contributed by atoms with Gasteiger partial charge in [0, 0.05) is 0 Å². The first-order valence-electron chi connectivity index (χ1n) is 5.29. The van der Waals surface area contributed by atoms with Crippen LogP contribution in [0.2, 0.25) is 0 Å². The Morgan fingerprint density at radius 1 is 1.29 bits per heavy atom. The number of ketones is 1. The van der Waals surface area contributed by atoms with Gasteiger partial charge in [0.1, 0.15) is 12.2 Å². The van der Waals surface area contributed by atoms with Crippen molar-refractivity contribution in [2.24, 2.45) is 0 Å². The second-order valence-corrected chi connectivity index (χ2v) is 3.23. The van der Waals surface area contributed by atoms with Crippen LogP contribution >= 0.6 is 0 Å². The van der Waals surface area contributed by atoms with Gasteiger partial charge in [0.05, 0.1) is 13.7 Å². The van der Waals surface area contributed by atoms with E-state index in [0.29, 0.717) is 11.3 Å². The molecule has 0 aliphatic heterocycles. The van der Waals surface area contributed by atoms with Crippen LogP contribution in [0.5, 0.6) is 0 Å². The van der Waals surface area contributed by atoms with Crippen LogP contribution in [0.25, 0.3) is 0 Å². The van der Waals surface area contributed by atoms with Gasteiger partial charge in [-0.1, -0.05) is 12.7 Å². The highest BCUT2D eigenvalue weighted by atomic mass is 16.5. The minimum absolute atomic E-state index is 0.236. The van der Waals surface area contributed by atoms with E-state index in [4.69, 9.17) is 4.74 Å². The molecule has 4 nitrogen and oxygen atoms in total. The Kier molecular flexibility index (Phi) is 7.43. The minimum atomic E-state index is -0.509. The maximum Gasteiger partial charge on any atom is 0.313 e. The standard InChI is InChI=1S/C13H18O4/c1-5-11(16-4)8-7-10(3)12(14)9-13(15)17-6-2/h5,7-8H,1,6,9H2,2-4H3/b10-7+,11-8+. The van der Waals surface area contributed by atoms with Gasteiger partial charge in [0.25, 0.3) is 0 Å². The van der Waals surface area contributed by atoms with E-state index in [0.717, 1.165) is 0 Å². The molecule has 0 N–H and O–H groups in total. The molecule has 0 aliphatic rings. The number of ether oxygens (including phenoxy) is 2. The van der Waals surface area contributed by atoms with Gasteiger partial charge in [-0.15, -0.1) is 0 Å². The molecule has 0 aromatic carbocycles. The number of methoxy groups -OCH3 is 1. The summed E-state index contributed by atoms with van der Waals surface area (Å²) >= 11 is 0. The molecule has 4 heteroatoms. The predicted molar refractivity (Wildman–Crippen MR) is 65.3 cm³/mol. The molecule has 0 unspecified atom stereocenters. The first-order chi connectivity index (χ1) is 8.04. The molecule has 94 valence electrons. The average molecular weight is 238 g/mol. The Hall–Kier alpha value is -1.84. The fourth-order valence-electron chi connectivity index (χ4n) is 1.00.